The zero-order chi connectivity index (χ0) is 26.1. The van der Waals surface area contributed by atoms with E-state index in [4.69, 9.17) is 9.47 Å². The predicted octanol–water partition coefficient (Wildman–Crippen LogP) is 3.09. The van der Waals surface area contributed by atoms with Gasteiger partial charge in [0.1, 0.15) is 11.6 Å². The number of amides is 2. The molecule has 0 aliphatic heterocycles. The van der Waals surface area contributed by atoms with Gasteiger partial charge in [0.25, 0.3) is 0 Å². The zero-order valence-electron chi connectivity index (χ0n) is 23.0. The molecule has 0 spiro atoms. The molecule has 0 heterocycles. The van der Waals surface area contributed by atoms with Crippen LogP contribution in [0, 0.1) is 11.8 Å². The molecule has 1 N–H and O–H groups in total. The predicted molar refractivity (Wildman–Crippen MR) is 132 cm³/mol. The summed E-state index contributed by atoms with van der Waals surface area (Å²) in [6.45, 7) is 15.3. The average molecular weight is 472 g/mol. The number of esters is 1. The van der Waals surface area contributed by atoms with Gasteiger partial charge in [-0.05, 0) is 53.1 Å². The van der Waals surface area contributed by atoms with E-state index in [9.17, 15) is 14.4 Å². The van der Waals surface area contributed by atoms with Crippen molar-refractivity contribution in [2.24, 2.45) is 11.8 Å². The lowest BCUT2D eigenvalue weighted by Gasteiger charge is -2.37. The molecule has 2 amide bonds. The van der Waals surface area contributed by atoms with Crippen LogP contribution in [-0.4, -0.2) is 85.7 Å². The van der Waals surface area contributed by atoms with Crippen LogP contribution in [0.25, 0.3) is 0 Å². The minimum atomic E-state index is -0.679. The number of carbonyl (C=O) groups is 3. The Hall–Kier alpha value is -1.67. The lowest BCUT2D eigenvalue weighted by molar-refractivity contribution is -0.160. The number of rotatable bonds is 13. The molecule has 0 fully saturated rings. The maximum absolute atomic E-state index is 13.6. The monoisotopic (exact) mass is 471 g/mol. The second-order valence-corrected chi connectivity index (χ2v) is 10.8. The summed E-state index contributed by atoms with van der Waals surface area (Å²) in [6.07, 6.45) is 1.01. The Labute approximate surface area is 201 Å². The molecule has 0 aromatic heterocycles. The minimum absolute atomic E-state index is 0.0464. The van der Waals surface area contributed by atoms with Gasteiger partial charge in [-0.1, -0.05) is 41.0 Å². The van der Waals surface area contributed by atoms with Crippen LogP contribution in [0.15, 0.2) is 0 Å². The summed E-state index contributed by atoms with van der Waals surface area (Å²) in [6, 6.07) is -1.34. The van der Waals surface area contributed by atoms with Crippen molar-refractivity contribution < 1.29 is 23.9 Å². The first-order chi connectivity index (χ1) is 15.1. The third-order valence-electron chi connectivity index (χ3n) is 5.64. The second kappa shape index (κ2) is 13.9. The van der Waals surface area contributed by atoms with Crippen LogP contribution in [0.5, 0.6) is 0 Å². The molecular weight excluding hydrogens is 422 g/mol. The van der Waals surface area contributed by atoms with Crippen LogP contribution in [0.4, 0.5) is 0 Å². The van der Waals surface area contributed by atoms with E-state index in [-0.39, 0.29) is 48.1 Å². The molecule has 0 aliphatic carbocycles. The summed E-state index contributed by atoms with van der Waals surface area (Å²) in [5.74, 6) is -0.729. The first-order valence-electron chi connectivity index (χ1n) is 12.0. The molecule has 0 saturated heterocycles. The van der Waals surface area contributed by atoms with E-state index in [1.54, 1.807) is 19.1 Å². The molecule has 0 rings (SSSR count). The SMILES string of the molecule is CCC[C@@H]([C@@H](CC(=O)OC(C)(C)C)OC)N(C)C(=O)[C@@H](NC(=O)[C@H](C(C)C)N(C)C)C(C)C. The molecule has 8 heteroatoms. The molecule has 0 aromatic rings. The smallest absolute Gasteiger partial charge is 0.309 e. The fraction of sp³-hybridized carbons (Fsp3) is 0.880. The van der Waals surface area contributed by atoms with Crippen molar-refractivity contribution in [3.63, 3.8) is 0 Å². The van der Waals surface area contributed by atoms with E-state index in [2.05, 4.69) is 5.32 Å². The van der Waals surface area contributed by atoms with Gasteiger partial charge in [-0.2, -0.15) is 0 Å². The number of methoxy groups -OCH3 is 1. The van der Waals surface area contributed by atoms with Crippen molar-refractivity contribution in [1.82, 2.24) is 15.1 Å². The fourth-order valence-corrected chi connectivity index (χ4v) is 4.12. The van der Waals surface area contributed by atoms with Crippen molar-refractivity contribution in [3.05, 3.63) is 0 Å². The third kappa shape index (κ3) is 10.4. The molecule has 0 aromatic carbocycles. The molecule has 4 atom stereocenters. The minimum Gasteiger partial charge on any atom is -0.460 e. The van der Waals surface area contributed by atoms with Crippen molar-refractivity contribution >= 4 is 17.8 Å². The molecule has 194 valence electrons. The van der Waals surface area contributed by atoms with E-state index < -0.39 is 17.7 Å². The van der Waals surface area contributed by atoms with Crippen molar-refractivity contribution in [2.45, 2.75) is 104 Å². The summed E-state index contributed by atoms with van der Waals surface area (Å²) in [4.78, 5) is 42.5. The van der Waals surface area contributed by atoms with Crippen molar-refractivity contribution in [2.75, 3.05) is 28.3 Å². The van der Waals surface area contributed by atoms with Crippen LogP contribution in [0.1, 0.15) is 74.7 Å². The van der Waals surface area contributed by atoms with Crippen molar-refractivity contribution in [3.8, 4) is 0 Å². The number of ether oxygens (including phenoxy) is 2. The van der Waals surface area contributed by atoms with Gasteiger partial charge < -0.3 is 19.7 Å². The van der Waals surface area contributed by atoms with E-state index in [1.165, 1.54) is 0 Å². The molecule has 0 aliphatic rings. The van der Waals surface area contributed by atoms with Gasteiger partial charge in [-0.3, -0.25) is 19.3 Å². The highest BCUT2D eigenvalue weighted by molar-refractivity contribution is 5.90. The van der Waals surface area contributed by atoms with Gasteiger partial charge in [-0.15, -0.1) is 0 Å². The summed E-state index contributed by atoms with van der Waals surface area (Å²) in [5, 5.41) is 2.98. The second-order valence-electron chi connectivity index (χ2n) is 10.8. The molecule has 8 nitrogen and oxygen atoms in total. The number of nitrogens with one attached hydrogen (secondary N) is 1. The first-order valence-corrected chi connectivity index (χ1v) is 12.0. The number of nitrogens with zero attached hydrogens (tertiary/aromatic N) is 2. The van der Waals surface area contributed by atoms with E-state index in [1.807, 2.05) is 74.4 Å². The maximum atomic E-state index is 13.6. The Morgan fingerprint density at radius 2 is 1.52 bits per heavy atom. The van der Waals surface area contributed by atoms with Gasteiger partial charge in [0.05, 0.1) is 24.6 Å². The molecule has 0 saturated carbocycles. The Bertz CT molecular complexity index is 620. The highest BCUT2D eigenvalue weighted by Gasteiger charge is 2.37. The highest BCUT2D eigenvalue weighted by atomic mass is 16.6. The van der Waals surface area contributed by atoms with E-state index in [0.717, 1.165) is 6.42 Å². The summed E-state index contributed by atoms with van der Waals surface area (Å²) in [7, 11) is 6.98. The quantitative estimate of drug-likeness (QED) is 0.415. The number of carbonyl (C=O) groups excluding carboxylic acids is 3. The number of likely N-dealkylation sites (N-methyl/N-ethyl adjacent to an activating group) is 2. The van der Waals surface area contributed by atoms with Gasteiger partial charge >= 0.3 is 5.97 Å². The van der Waals surface area contributed by atoms with Crippen LogP contribution >= 0.6 is 0 Å². The average Bonchev–Trinajstić information content (AvgIpc) is 2.65. The van der Waals surface area contributed by atoms with Crippen LogP contribution < -0.4 is 5.32 Å². The molecular formula is C25H49N3O5. The number of hydrogen-bond acceptors (Lipinski definition) is 6. The summed E-state index contributed by atoms with van der Waals surface area (Å²) in [5.41, 5.74) is -0.593. The molecule has 0 unspecified atom stereocenters. The Kier molecular flexibility index (Phi) is 13.2. The number of hydrogen-bond donors (Lipinski definition) is 1. The van der Waals surface area contributed by atoms with E-state index in [0.29, 0.717) is 6.42 Å². The van der Waals surface area contributed by atoms with Crippen molar-refractivity contribution in [1.29, 1.82) is 0 Å². The molecule has 0 radical (unpaired) electrons. The van der Waals surface area contributed by atoms with Gasteiger partial charge in [0, 0.05) is 14.2 Å². The third-order valence-corrected chi connectivity index (χ3v) is 5.64. The Morgan fingerprint density at radius 1 is 0.970 bits per heavy atom. The lowest BCUT2D eigenvalue weighted by atomic mass is 9.96. The normalized spacial score (nSPS) is 15.8. The first kappa shape index (κ1) is 31.3. The van der Waals surface area contributed by atoms with Gasteiger partial charge in [-0.25, -0.2) is 0 Å². The maximum Gasteiger partial charge on any atom is 0.309 e. The van der Waals surface area contributed by atoms with Crippen LogP contribution in [-0.2, 0) is 23.9 Å². The molecule has 0 bridgehead atoms. The topological polar surface area (TPSA) is 88.2 Å². The Morgan fingerprint density at radius 3 is 1.88 bits per heavy atom. The largest absolute Gasteiger partial charge is 0.460 e. The fourth-order valence-electron chi connectivity index (χ4n) is 4.12. The Balaban J connectivity index is 5.71. The standard InChI is InChI=1S/C25H49N3O5/c1-13-14-18(19(32-12)15-20(29)33-25(6,7)8)28(11)24(31)21(16(2)3)26-23(30)22(17(4)5)27(9)10/h16-19,21-22H,13-15H2,1-12H3,(H,26,30)/t18-,19+,21-,22-/m0/s1. The zero-order valence-corrected chi connectivity index (χ0v) is 23.0. The highest BCUT2D eigenvalue weighted by Crippen LogP contribution is 2.20. The molecule has 33 heavy (non-hydrogen) atoms. The van der Waals surface area contributed by atoms with Crippen LogP contribution in [0.3, 0.4) is 0 Å². The van der Waals surface area contributed by atoms with E-state index >= 15 is 0 Å². The summed E-state index contributed by atoms with van der Waals surface area (Å²) < 4.78 is 11.1. The lowest BCUT2D eigenvalue weighted by Crippen LogP contribution is -2.58. The van der Waals surface area contributed by atoms with Gasteiger partial charge in [0.15, 0.2) is 0 Å². The summed E-state index contributed by atoms with van der Waals surface area (Å²) >= 11 is 0. The van der Waals surface area contributed by atoms with Gasteiger partial charge in [0.2, 0.25) is 11.8 Å². The van der Waals surface area contributed by atoms with Crippen LogP contribution in [0.2, 0.25) is 0 Å².